The highest BCUT2D eigenvalue weighted by molar-refractivity contribution is 5.69. The van der Waals surface area contributed by atoms with E-state index in [0.717, 1.165) is 13.1 Å². The molecule has 1 aliphatic rings. The van der Waals surface area contributed by atoms with E-state index in [2.05, 4.69) is 12.2 Å². The van der Waals surface area contributed by atoms with Crippen molar-refractivity contribution in [2.75, 3.05) is 26.4 Å². The number of rotatable bonds is 6. The molecule has 0 saturated carbocycles. The molecule has 1 fully saturated rings. The molecule has 76 valence electrons. The number of hydrogen-bond donors (Lipinski definition) is 1. The maximum atomic E-state index is 11.0. The molecule has 4 nitrogen and oxygen atoms in total. The summed E-state index contributed by atoms with van der Waals surface area (Å²) in [6, 6.07) is 0. The van der Waals surface area contributed by atoms with E-state index in [1.54, 1.807) is 4.90 Å². The fraction of sp³-hybridized carbons (Fsp3) is 0.889. The Labute approximate surface area is 79.2 Å². The Balaban J connectivity index is 1.96. The van der Waals surface area contributed by atoms with Gasteiger partial charge in [0.2, 0.25) is 0 Å². The average molecular weight is 186 g/mol. The zero-order valence-corrected chi connectivity index (χ0v) is 8.21. The predicted octanol–water partition coefficient (Wildman–Crippen LogP) is 1.18. The maximum absolute atomic E-state index is 11.0. The van der Waals surface area contributed by atoms with Crippen molar-refractivity contribution < 1.29 is 9.53 Å². The summed E-state index contributed by atoms with van der Waals surface area (Å²) in [7, 11) is 0. The number of carbonyl (C=O) groups is 1. The van der Waals surface area contributed by atoms with Crippen LogP contribution in [0.1, 0.15) is 26.2 Å². The third kappa shape index (κ3) is 3.63. The van der Waals surface area contributed by atoms with Crippen molar-refractivity contribution in [3.8, 4) is 0 Å². The molecule has 1 rings (SSSR count). The molecule has 1 saturated heterocycles. The van der Waals surface area contributed by atoms with Crippen molar-refractivity contribution in [1.29, 1.82) is 0 Å². The molecule has 0 aliphatic carbocycles. The molecular formula is C9H18N2O2. The number of nitrogens with one attached hydrogen (secondary N) is 1. The number of nitrogens with zero attached hydrogens (tertiary/aromatic N) is 1. The molecule has 4 heteroatoms. The van der Waals surface area contributed by atoms with Gasteiger partial charge in [-0.1, -0.05) is 19.8 Å². The Bertz CT molecular complexity index is 162. The summed E-state index contributed by atoms with van der Waals surface area (Å²) in [6.07, 6.45) is 3.47. The monoisotopic (exact) mass is 186 g/mol. The SMILES string of the molecule is CCCCCNCN1CCOC1=O. The van der Waals surface area contributed by atoms with Crippen LogP contribution in [0.3, 0.4) is 0 Å². The maximum Gasteiger partial charge on any atom is 0.410 e. The number of carbonyl (C=O) groups excluding carboxylic acids is 1. The summed E-state index contributed by atoms with van der Waals surface area (Å²) in [5.74, 6) is 0. The van der Waals surface area contributed by atoms with E-state index in [0.29, 0.717) is 13.3 Å². The summed E-state index contributed by atoms with van der Waals surface area (Å²) in [6.45, 7) is 5.05. The third-order valence-corrected chi connectivity index (χ3v) is 2.10. The number of cyclic esters (lactones) is 1. The third-order valence-electron chi connectivity index (χ3n) is 2.10. The van der Waals surface area contributed by atoms with Crippen molar-refractivity contribution in [2.24, 2.45) is 0 Å². The Morgan fingerprint density at radius 2 is 2.38 bits per heavy atom. The molecule has 0 aromatic carbocycles. The molecule has 1 heterocycles. The van der Waals surface area contributed by atoms with Crippen molar-refractivity contribution in [3.05, 3.63) is 0 Å². The quantitative estimate of drug-likeness (QED) is 0.633. The Hall–Kier alpha value is -0.770. The Kier molecular flexibility index (Phi) is 4.60. The minimum atomic E-state index is -0.192. The number of amides is 1. The van der Waals surface area contributed by atoms with Gasteiger partial charge in [-0.3, -0.25) is 10.2 Å². The lowest BCUT2D eigenvalue weighted by atomic mass is 10.2. The molecule has 0 aromatic rings. The second-order valence-corrected chi connectivity index (χ2v) is 3.24. The van der Waals surface area contributed by atoms with Gasteiger partial charge in [-0.15, -0.1) is 0 Å². The summed E-state index contributed by atoms with van der Waals surface area (Å²) < 4.78 is 4.79. The van der Waals surface area contributed by atoms with Crippen LogP contribution in [-0.4, -0.2) is 37.4 Å². The summed E-state index contributed by atoms with van der Waals surface area (Å²) in [4.78, 5) is 12.6. The highest BCUT2D eigenvalue weighted by Crippen LogP contribution is 2.00. The van der Waals surface area contributed by atoms with Gasteiger partial charge in [-0.05, 0) is 13.0 Å². The first-order valence-corrected chi connectivity index (χ1v) is 4.97. The smallest absolute Gasteiger partial charge is 0.410 e. The van der Waals surface area contributed by atoms with E-state index in [1.165, 1.54) is 19.3 Å². The van der Waals surface area contributed by atoms with E-state index in [1.807, 2.05) is 0 Å². The predicted molar refractivity (Wildman–Crippen MR) is 50.4 cm³/mol. The number of ether oxygens (including phenoxy) is 1. The van der Waals surface area contributed by atoms with Crippen LogP contribution in [-0.2, 0) is 4.74 Å². The molecule has 1 amide bonds. The zero-order valence-electron chi connectivity index (χ0n) is 8.21. The lowest BCUT2D eigenvalue weighted by Gasteiger charge is -2.12. The Morgan fingerprint density at radius 3 is 3.00 bits per heavy atom. The molecule has 0 aromatic heterocycles. The molecule has 0 bridgehead atoms. The summed E-state index contributed by atoms with van der Waals surface area (Å²) in [5.41, 5.74) is 0. The van der Waals surface area contributed by atoms with Crippen molar-refractivity contribution in [2.45, 2.75) is 26.2 Å². The zero-order chi connectivity index (χ0) is 9.52. The van der Waals surface area contributed by atoms with Crippen LogP contribution >= 0.6 is 0 Å². The molecule has 0 radical (unpaired) electrons. The number of unbranched alkanes of at least 4 members (excludes halogenated alkanes) is 2. The summed E-state index contributed by atoms with van der Waals surface area (Å²) >= 11 is 0. The van der Waals surface area contributed by atoms with Crippen LogP contribution in [0.5, 0.6) is 0 Å². The van der Waals surface area contributed by atoms with Crippen LogP contribution in [0.25, 0.3) is 0 Å². The van der Waals surface area contributed by atoms with E-state index < -0.39 is 0 Å². The van der Waals surface area contributed by atoms with Crippen LogP contribution < -0.4 is 5.32 Å². The van der Waals surface area contributed by atoms with E-state index in [-0.39, 0.29) is 6.09 Å². The fourth-order valence-corrected chi connectivity index (χ4v) is 1.28. The standard InChI is InChI=1S/C9H18N2O2/c1-2-3-4-5-10-8-11-6-7-13-9(11)12/h10H,2-8H2,1H3. The molecule has 1 aliphatic heterocycles. The Morgan fingerprint density at radius 1 is 1.54 bits per heavy atom. The van der Waals surface area contributed by atoms with Crippen LogP contribution in [0.4, 0.5) is 4.79 Å². The molecule has 1 N–H and O–H groups in total. The first kappa shape index (κ1) is 10.3. The lowest BCUT2D eigenvalue weighted by Crippen LogP contribution is -2.35. The highest BCUT2D eigenvalue weighted by Gasteiger charge is 2.20. The normalized spacial score (nSPS) is 16.4. The van der Waals surface area contributed by atoms with Gasteiger partial charge in [0, 0.05) is 0 Å². The van der Waals surface area contributed by atoms with Gasteiger partial charge in [-0.25, -0.2) is 4.79 Å². The van der Waals surface area contributed by atoms with E-state index >= 15 is 0 Å². The fourth-order valence-electron chi connectivity index (χ4n) is 1.28. The number of hydrogen-bond acceptors (Lipinski definition) is 3. The second-order valence-electron chi connectivity index (χ2n) is 3.24. The van der Waals surface area contributed by atoms with Gasteiger partial charge >= 0.3 is 6.09 Å². The molecule has 0 spiro atoms. The van der Waals surface area contributed by atoms with Crippen LogP contribution in [0.15, 0.2) is 0 Å². The topological polar surface area (TPSA) is 41.6 Å². The van der Waals surface area contributed by atoms with Gasteiger partial charge in [0.05, 0.1) is 13.2 Å². The van der Waals surface area contributed by atoms with Crippen LogP contribution in [0.2, 0.25) is 0 Å². The lowest BCUT2D eigenvalue weighted by molar-refractivity contribution is 0.156. The first-order chi connectivity index (χ1) is 6.34. The van der Waals surface area contributed by atoms with E-state index in [9.17, 15) is 4.79 Å². The minimum Gasteiger partial charge on any atom is -0.447 e. The van der Waals surface area contributed by atoms with Crippen molar-refractivity contribution >= 4 is 6.09 Å². The van der Waals surface area contributed by atoms with E-state index in [4.69, 9.17) is 4.74 Å². The van der Waals surface area contributed by atoms with Crippen molar-refractivity contribution in [3.63, 3.8) is 0 Å². The van der Waals surface area contributed by atoms with Gasteiger partial charge in [-0.2, -0.15) is 0 Å². The molecular weight excluding hydrogens is 168 g/mol. The van der Waals surface area contributed by atoms with Crippen LogP contribution in [0, 0.1) is 0 Å². The highest BCUT2D eigenvalue weighted by atomic mass is 16.6. The van der Waals surface area contributed by atoms with Gasteiger partial charge < -0.3 is 4.74 Å². The minimum absolute atomic E-state index is 0.192. The average Bonchev–Trinajstić information content (AvgIpc) is 2.52. The molecule has 0 atom stereocenters. The largest absolute Gasteiger partial charge is 0.447 e. The molecule has 13 heavy (non-hydrogen) atoms. The van der Waals surface area contributed by atoms with Gasteiger partial charge in [0.25, 0.3) is 0 Å². The summed E-state index contributed by atoms with van der Waals surface area (Å²) in [5, 5.41) is 3.22. The first-order valence-electron chi connectivity index (χ1n) is 4.97. The van der Waals surface area contributed by atoms with Gasteiger partial charge in [0.1, 0.15) is 6.61 Å². The van der Waals surface area contributed by atoms with Gasteiger partial charge in [0.15, 0.2) is 0 Å². The van der Waals surface area contributed by atoms with Crippen molar-refractivity contribution in [1.82, 2.24) is 10.2 Å². The second kappa shape index (κ2) is 5.80. The molecule has 0 unspecified atom stereocenters.